The lowest BCUT2D eigenvalue weighted by molar-refractivity contribution is 0.0757. The van der Waals surface area contributed by atoms with Gasteiger partial charge in [-0.3, -0.25) is 9.52 Å². The molecular weight excluding hydrogens is 428 g/mol. The summed E-state index contributed by atoms with van der Waals surface area (Å²) in [5, 5.41) is 3.69. The van der Waals surface area contributed by atoms with E-state index in [1.54, 1.807) is 66.9 Å². The first-order chi connectivity index (χ1) is 15.3. The van der Waals surface area contributed by atoms with Gasteiger partial charge in [-0.15, -0.1) is 0 Å². The van der Waals surface area contributed by atoms with Gasteiger partial charge in [0.15, 0.2) is 5.76 Å². The molecule has 0 radical (unpaired) electrons. The van der Waals surface area contributed by atoms with Gasteiger partial charge in [0.25, 0.3) is 15.9 Å². The van der Waals surface area contributed by atoms with Gasteiger partial charge in [0.1, 0.15) is 4.90 Å². The SMILES string of the molecule is Cc1c(C(=O)N2CCCCCC2)c(S(=O)(=O)Nc2ccc(-c3ccno3)cc2)c(C)n1C. The molecule has 0 aliphatic carbocycles. The molecule has 3 aromatic rings. The number of sulfonamides is 1. The molecule has 1 aliphatic rings. The average molecular weight is 457 g/mol. The maximum atomic E-state index is 13.5. The van der Waals surface area contributed by atoms with Crippen molar-refractivity contribution in [2.75, 3.05) is 17.8 Å². The van der Waals surface area contributed by atoms with Crippen LogP contribution in [-0.2, 0) is 17.1 Å². The highest BCUT2D eigenvalue weighted by Crippen LogP contribution is 2.30. The van der Waals surface area contributed by atoms with E-state index in [-0.39, 0.29) is 16.4 Å². The molecule has 9 heteroatoms. The van der Waals surface area contributed by atoms with E-state index in [0.717, 1.165) is 31.2 Å². The van der Waals surface area contributed by atoms with Crippen molar-refractivity contribution in [2.45, 2.75) is 44.4 Å². The van der Waals surface area contributed by atoms with Crippen LogP contribution in [0.2, 0.25) is 0 Å². The zero-order chi connectivity index (χ0) is 22.9. The fraction of sp³-hybridized carbons (Fsp3) is 0.391. The summed E-state index contributed by atoms with van der Waals surface area (Å²) in [7, 11) is -2.20. The number of aromatic nitrogens is 2. The third kappa shape index (κ3) is 4.17. The molecule has 1 N–H and O–H groups in total. The molecule has 1 aromatic carbocycles. The Kier molecular flexibility index (Phi) is 6.10. The monoisotopic (exact) mass is 456 g/mol. The van der Waals surface area contributed by atoms with E-state index in [1.165, 1.54) is 0 Å². The van der Waals surface area contributed by atoms with E-state index >= 15 is 0 Å². The summed E-state index contributed by atoms with van der Waals surface area (Å²) in [6.45, 7) is 4.83. The number of likely N-dealkylation sites (tertiary alicyclic amines) is 1. The Bertz CT molecular complexity index is 1200. The lowest BCUT2D eigenvalue weighted by Crippen LogP contribution is -2.33. The first kappa shape index (κ1) is 22.1. The molecule has 1 fully saturated rings. The number of hydrogen-bond acceptors (Lipinski definition) is 5. The maximum Gasteiger partial charge on any atom is 0.264 e. The van der Waals surface area contributed by atoms with Crippen LogP contribution in [0, 0.1) is 13.8 Å². The number of carbonyl (C=O) groups is 1. The number of nitrogens with one attached hydrogen (secondary N) is 1. The van der Waals surface area contributed by atoms with Crippen LogP contribution in [-0.4, -0.2) is 42.0 Å². The molecule has 4 rings (SSSR count). The largest absolute Gasteiger partial charge is 0.356 e. The van der Waals surface area contributed by atoms with Crippen LogP contribution in [0.15, 0.2) is 45.9 Å². The maximum absolute atomic E-state index is 13.5. The molecule has 8 nitrogen and oxygen atoms in total. The number of hydrogen-bond donors (Lipinski definition) is 1. The highest BCUT2D eigenvalue weighted by Gasteiger charge is 2.33. The second-order valence-corrected chi connectivity index (χ2v) is 9.82. The van der Waals surface area contributed by atoms with Gasteiger partial charge in [0.2, 0.25) is 0 Å². The Morgan fingerprint density at radius 1 is 1.00 bits per heavy atom. The summed E-state index contributed by atoms with van der Waals surface area (Å²) < 4.78 is 36.5. The Labute approximate surface area is 188 Å². The molecule has 32 heavy (non-hydrogen) atoms. The van der Waals surface area contributed by atoms with Crippen LogP contribution in [0.5, 0.6) is 0 Å². The van der Waals surface area contributed by atoms with Crippen molar-refractivity contribution in [1.29, 1.82) is 0 Å². The van der Waals surface area contributed by atoms with Crippen LogP contribution in [0.4, 0.5) is 5.69 Å². The summed E-state index contributed by atoms with van der Waals surface area (Å²) in [5.74, 6) is 0.383. The molecule has 3 heterocycles. The van der Waals surface area contributed by atoms with E-state index in [4.69, 9.17) is 4.52 Å². The van der Waals surface area contributed by atoms with Gasteiger partial charge >= 0.3 is 0 Å². The molecule has 0 atom stereocenters. The van der Waals surface area contributed by atoms with Crippen LogP contribution in [0.1, 0.15) is 47.4 Å². The molecule has 2 aromatic heterocycles. The van der Waals surface area contributed by atoms with Crippen molar-refractivity contribution >= 4 is 21.6 Å². The molecule has 1 saturated heterocycles. The van der Waals surface area contributed by atoms with Gasteiger partial charge in [-0.2, -0.15) is 0 Å². The van der Waals surface area contributed by atoms with Crippen molar-refractivity contribution in [2.24, 2.45) is 7.05 Å². The number of amides is 1. The van der Waals surface area contributed by atoms with Gasteiger partial charge in [0.05, 0.1) is 11.8 Å². The van der Waals surface area contributed by atoms with Crippen molar-refractivity contribution in [3.05, 3.63) is 53.5 Å². The summed E-state index contributed by atoms with van der Waals surface area (Å²) in [4.78, 5) is 15.3. The fourth-order valence-electron chi connectivity index (χ4n) is 4.20. The van der Waals surface area contributed by atoms with E-state index in [2.05, 4.69) is 9.88 Å². The van der Waals surface area contributed by atoms with Gasteiger partial charge in [-0.05, 0) is 51.0 Å². The Morgan fingerprint density at radius 2 is 1.66 bits per heavy atom. The average Bonchev–Trinajstić information content (AvgIpc) is 3.27. The number of nitrogens with zero attached hydrogens (tertiary/aromatic N) is 3. The molecule has 170 valence electrons. The first-order valence-electron chi connectivity index (χ1n) is 10.8. The standard InChI is InChI=1S/C23H28N4O4S/c1-16-21(23(28)27-14-6-4-5-7-15-27)22(17(2)26(16)3)32(29,30)25-19-10-8-18(9-11-19)20-12-13-24-31-20/h8-13,25H,4-7,14-15H2,1-3H3. The Hall–Kier alpha value is -3.07. The third-order valence-electron chi connectivity index (χ3n) is 6.16. The minimum atomic E-state index is -3.99. The van der Waals surface area contributed by atoms with Crippen LogP contribution >= 0.6 is 0 Å². The van der Waals surface area contributed by atoms with Crippen LogP contribution in [0.3, 0.4) is 0 Å². The van der Waals surface area contributed by atoms with Gasteiger partial charge in [-0.1, -0.05) is 18.0 Å². The highest BCUT2D eigenvalue weighted by molar-refractivity contribution is 7.92. The molecule has 0 bridgehead atoms. The minimum absolute atomic E-state index is 0.0473. The van der Waals surface area contributed by atoms with Crippen molar-refractivity contribution in [1.82, 2.24) is 14.6 Å². The van der Waals surface area contributed by atoms with Gasteiger partial charge in [-0.25, -0.2) is 8.42 Å². The topological polar surface area (TPSA) is 97.4 Å². The molecular formula is C23H28N4O4S. The van der Waals surface area contributed by atoms with Gasteiger partial charge < -0.3 is 14.0 Å². The molecule has 0 saturated carbocycles. The van der Waals surface area contributed by atoms with Gasteiger partial charge in [0, 0.05) is 48.8 Å². The van der Waals surface area contributed by atoms with Crippen molar-refractivity contribution in [3.63, 3.8) is 0 Å². The second kappa shape index (κ2) is 8.82. The number of rotatable bonds is 5. The second-order valence-electron chi connectivity index (χ2n) is 8.20. The predicted octanol–water partition coefficient (Wildman–Crippen LogP) is 4.11. The summed E-state index contributed by atoms with van der Waals surface area (Å²) >= 11 is 0. The highest BCUT2D eigenvalue weighted by atomic mass is 32.2. The smallest absolute Gasteiger partial charge is 0.264 e. The third-order valence-corrected chi connectivity index (χ3v) is 7.70. The van der Waals surface area contributed by atoms with Crippen LogP contribution in [0.25, 0.3) is 11.3 Å². The summed E-state index contributed by atoms with van der Waals surface area (Å²) in [6.07, 6.45) is 5.61. The first-order valence-corrected chi connectivity index (χ1v) is 12.3. The lowest BCUT2D eigenvalue weighted by atomic mass is 10.1. The van der Waals surface area contributed by atoms with Crippen molar-refractivity contribution < 1.29 is 17.7 Å². The quantitative estimate of drug-likeness (QED) is 0.623. The number of carbonyl (C=O) groups excluding carboxylic acids is 1. The zero-order valence-electron chi connectivity index (χ0n) is 18.6. The summed E-state index contributed by atoms with van der Waals surface area (Å²) in [5.41, 5.74) is 2.64. The molecule has 0 unspecified atom stereocenters. The van der Waals surface area contributed by atoms with Crippen LogP contribution < -0.4 is 4.72 Å². The lowest BCUT2D eigenvalue weighted by Gasteiger charge is -2.21. The van der Waals surface area contributed by atoms with Crippen molar-refractivity contribution in [3.8, 4) is 11.3 Å². The van der Waals surface area contributed by atoms with E-state index in [1.807, 2.05) is 0 Å². The number of benzene rings is 1. The molecule has 1 amide bonds. The number of anilines is 1. The predicted molar refractivity (Wildman–Crippen MR) is 122 cm³/mol. The zero-order valence-corrected chi connectivity index (χ0v) is 19.4. The molecule has 1 aliphatic heterocycles. The van der Waals surface area contributed by atoms with E-state index in [0.29, 0.717) is 35.9 Å². The summed E-state index contributed by atoms with van der Waals surface area (Å²) in [6, 6.07) is 8.57. The van der Waals surface area contributed by atoms with E-state index < -0.39 is 10.0 Å². The van der Waals surface area contributed by atoms with E-state index in [9.17, 15) is 13.2 Å². The molecule has 0 spiro atoms. The fourth-order valence-corrected chi connectivity index (χ4v) is 5.78. The Morgan fingerprint density at radius 3 is 2.25 bits per heavy atom. The minimum Gasteiger partial charge on any atom is -0.356 e. The Balaban J connectivity index is 1.67. The normalized spacial score (nSPS) is 14.9.